The first-order valence-electron chi connectivity index (χ1n) is 11.5. The number of carbonyl (C=O) groups excluding carboxylic acids is 1. The quantitative estimate of drug-likeness (QED) is 0.354. The van der Waals surface area contributed by atoms with Gasteiger partial charge in [0.15, 0.2) is 6.39 Å². The summed E-state index contributed by atoms with van der Waals surface area (Å²) in [5.41, 5.74) is 1.99. The molecule has 1 unspecified atom stereocenters. The summed E-state index contributed by atoms with van der Waals surface area (Å²) < 4.78 is 5.55. The number of oxazole rings is 1. The number of hydrogen-bond acceptors (Lipinski definition) is 10. The van der Waals surface area contributed by atoms with Gasteiger partial charge in [0, 0.05) is 37.8 Å². The van der Waals surface area contributed by atoms with E-state index < -0.39 is 0 Å². The molecule has 1 aliphatic heterocycles. The van der Waals surface area contributed by atoms with Crippen molar-refractivity contribution in [3.8, 4) is 5.75 Å². The lowest BCUT2D eigenvalue weighted by molar-refractivity contribution is -0.119. The van der Waals surface area contributed by atoms with Gasteiger partial charge in [0.05, 0.1) is 23.8 Å². The zero-order valence-electron chi connectivity index (χ0n) is 19.9. The number of anilines is 6. The van der Waals surface area contributed by atoms with E-state index >= 15 is 0 Å². The van der Waals surface area contributed by atoms with Gasteiger partial charge in [0.25, 0.3) is 0 Å². The Balaban J connectivity index is 1.37. The minimum Gasteiger partial charge on any atom is -0.506 e. The van der Waals surface area contributed by atoms with E-state index in [0.717, 1.165) is 36.6 Å². The van der Waals surface area contributed by atoms with E-state index in [0.29, 0.717) is 23.3 Å². The molecule has 3 N–H and O–H groups in total. The van der Waals surface area contributed by atoms with E-state index in [9.17, 15) is 9.90 Å². The molecule has 3 aromatic heterocycles. The van der Waals surface area contributed by atoms with Gasteiger partial charge in [0.2, 0.25) is 17.7 Å². The number of phenolic OH excluding ortho intramolecular Hbond substituents is 1. The third-order valence-electron chi connectivity index (χ3n) is 5.84. The number of hydrogen-bond donors (Lipinski definition) is 3. The number of aromatic nitrogens is 4. The molecule has 0 radical (unpaired) electrons. The normalized spacial score (nSPS) is 15.1. The van der Waals surface area contributed by atoms with Crippen LogP contribution in [0.5, 0.6) is 5.75 Å². The third-order valence-corrected chi connectivity index (χ3v) is 5.84. The Kier molecular flexibility index (Phi) is 6.35. The van der Waals surface area contributed by atoms with Crippen LogP contribution in [0, 0.1) is 6.92 Å². The maximum absolute atomic E-state index is 11.3. The number of para-hydroxylation sites is 2. The predicted octanol–water partition coefficient (Wildman–Crippen LogP) is 3.80. The van der Waals surface area contributed by atoms with Crippen molar-refractivity contribution < 1.29 is 14.3 Å². The molecule has 0 aliphatic carbocycles. The summed E-state index contributed by atoms with van der Waals surface area (Å²) in [6.07, 6.45) is 7.19. The Morgan fingerprint density at radius 3 is 2.75 bits per heavy atom. The molecule has 1 aliphatic rings. The van der Waals surface area contributed by atoms with E-state index in [1.54, 1.807) is 41.7 Å². The van der Waals surface area contributed by atoms with Gasteiger partial charge in [0.1, 0.15) is 17.4 Å². The van der Waals surface area contributed by atoms with Crippen molar-refractivity contribution in [2.45, 2.75) is 26.3 Å². The number of rotatable bonds is 7. The first-order chi connectivity index (χ1) is 17.5. The lowest BCUT2D eigenvalue weighted by atomic mass is 10.2. The lowest BCUT2D eigenvalue weighted by Crippen LogP contribution is -2.35. The number of amides is 1. The molecular formula is C25H26N8O3. The van der Waals surface area contributed by atoms with Crippen LogP contribution in [0.4, 0.5) is 34.8 Å². The van der Waals surface area contributed by atoms with Gasteiger partial charge < -0.3 is 25.1 Å². The Bertz CT molecular complexity index is 1340. The molecule has 1 aromatic carbocycles. The number of aromatic hydroxyl groups is 1. The first-order valence-corrected chi connectivity index (χ1v) is 11.5. The van der Waals surface area contributed by atoms with Crippen LogP contribution in [0.2, 0.25) is 0 Å². The second-order valence-corrected chi connectivity index (χ2v) is 8.53. The molecule has 1 atom stereocenters. The first kappa shape index (κ1) is 23.1. The van der Waals surface area contributed by atoms with Crippen LogP contribution in [0.3, 0.4) is 0 Å². The molecule has 0 spiro atoms. The smallest absolute Gasteiger partial charge is 0.229 e. The van der Waals surface area contributed by atoms with Crippen LogP contribution in [0.25, 0.3) is 0 Å². The summed E-state index contributed by atoms with van der Waals surface area (Å²) in [4.78, 5) is 32.9. The van der Waals surface area contributed by atoms with Crippen molar-refractivity contribution in [3.63, 3.8) is 0 Å². The number of nitrogens with zero attached hydrogens (tertiary/aromatic N) is 6. The zero-order chi connectivity index (χ0) is 25.1. The molecule has 4 aromatic rings. The molecule has 1 fully saturated rings. The average molecular weight is 487 g/mol. The summed E-state index contributed by atoms with van der Waals surface area (Å²) in [5, 5.41) is 16.7. The Hall–Kier alpha value is -4.67. The Labute approximate surface area is 207 Å². The second kappa shape index (κ2) is 9.90. The molecule has 5 rings (SSSR count). The molecule has 184 valence electrons. The summed E-state index contributed by atoms with van der Waals surface area (Å²) >= 11 is 0. The minimum absolute atomic E-state index is 0.0174. The molecule has 36 heavy (non-hydrogen) atoms. The van der Waals surface area contributed by atoms with Crippen molar-refractivity contribution in [1.82, 2.24) is 25.3 Å². The monoisotopic (exact) mass is 486 g/mol. The van der Waals surface area contributed by atoms with Crippen LogP contribution in [-0.4, -0.2) is 50.1 Å². The van der Waals surface area contributed by atoms with Crippen LogP contribution in [0.15, 0.2) is 65.8 Å². The highest BCUT2D eigenvalue weighted by atomic mass is 16.4. The number of phenols is 1. The highest BCUT2D eigenvalue weighted by molar-refractivity contribution is 5.77. The predicted molar refractivity (Wildman–Crippen MR) is 135 cm³/mol. The highest BCUT2D eigenvalue weighted by Crippen LogP contribution is 2.39. The Morgan fingerprint density at radius 1 is 1.17 bits per heavy atom. The molecule has 11 nitrogen and oxygen atoms in total. The summed E-state index contributed by atoms with van der Waals surface area (Å²) in [6, 6.07) is 10.9. The molecule has 11 heteroatoms. The van der Waals surface area contributed by atoms with Crippen LogP contribution in [0.1, 0.15) is 18.9 Å². The van der Waals surface area contributed by atoms with E-state index in [2.05, 4.69) is 30.5 Å². The van der Waals surface area contributed by atoms with E-state index in [1.165, 1.54) is 13.3 Å². The number of pyridine rings is 1. The molecular weight excluding hydrogens is 460 g/mol. The van der Waals surface area contributed by atoms with Gasteiger partial charge in [-0.1, -0.05) is 12.1 Å². The summed E-state index contributed by atoms with van der Waals surface area (Å²) in [5.74, 6) is 2.18. The summed E-state index contributed by atoms with van der Waals surface area (Å²) in [7, 11) is 0. The number of carbonyl (C=O) groups is 1. The molecule has 1 saturated heterocycles. The van der Waals surface area contributed by atoms with Crippen molar-refractivity contribution in [2.75, 3.05) is 28.2 Å². The topological polar surface area (TPSA) is 133 Å². The second-order valence-electron chi connectivity index (χ2n) is 8.53. The van der Waals surface area contributed by atoms with Crippen molar-refractivity contribution >= 4 is 40.8 Å². The zero-order valence-corrected chi connectivity index (χ0v) is 19.9. The SMILES string of the molecule is CC(=O)NC1CCN(c2ccc(Nc3ncc(C)c(N(c4cnco4)c4ccccc4O)n3)cn2)C1. The fourth-order valence-electron chi connectivity index (χ4n) is 4.18. The average Bonchev–Trinajstić information content (AvgIpc) is 3.55. The standard InChI is InChI=1S/C25H26N8O3/c1-16-11-28-25(30-18-7-8-22(27-12-18)32-10-9-19(14-32)29-17(2)34)31-24(16)33(23-13-26-15-36-23)20-5-3-4-6-21(20)35/h3-8,11-13,15,19,35H,9-10,14H2,1-2H3,(H,29,34)(H,28,30,31). The maximum Gasteiger partial charge on any atom is 0.229 e. The lowest BCUT2D eigenvalue weighted by Gasteiger charge is -2.23. The van der Waals surface area contributed by atoms with Gasteiger partial charge >= 0.3 is 0 Å². The highest BCUT2D eigenvalue weighted by Gasteiger charge is 2.24. The largest absolute Gasteiger partial charge is 0.506 e. The van der Waals surface area contributed by atoms with Gasteiger partial charge in [-0.3, -0.25) is 9.69 Å². The Morgan fingerprint density at radius 2 is 2.03 bits per heavy atom. The molecule has 0 bridgehead atoms. The van der Waals surface area contributed by atoms with Crippen LogP contribution < -0.4 is 20.4 Å². The fraction of sp³-hybridized carbons (Fsp3) is 0.240. The third kappa shape index (κ3) is 4.90. The molecule has 1 amide bonds. The summed E-state index contributed by atoms with van der Waals surface area (Å²) in [6.45, 7) is 4.98. The van der Waals surface area contributed by atoms with Gasteiger partial charge in [-0.25, -0.2) is 15.0 Å². The van der Waals surface area contributed by atoms with Crippen LogP contribution in [-0.2, 0) is 4.79 Å². The molecule has 4 heterocycles. The van der Waals surface area contributed by atoms with Gasteiger partial charge in [-0.05, 0) is 37.6 Å². The van der Waals surface area contributed by atoms with E-state index in [-0.39, 0.29) is 17.7 Å². The number of aryl methyl sites for hydroxylation is 1. The maximum atomic E-state index is 11.3. The van der Waals surface area contributed by atoms with Crippen molar-refractivity contribution in [1.29, 1.82) is 0 Å². The fourth-order valence-corrected chi connectivity index (χ4v) is 4.18. The minimum atomic E-state index is -0.0174. The van der Waals surface area contributed by atoms with Crippen molar-refractivity contribution in [2.24, 2.45) is 0 Å². The van der Waals surface area contributed by atoms with Crippen LogP contribution >= 0.6 is 0 Å². The van der Waals surface area contributed by atoms with Gasteiger partial charge in [-0.2, -0.15) is 4.98 Å². The van der Waals surface area contributed by atoms with Crippen molar-refractivity contribution in [3.05, 3.63) is 66.9 Å². The molecule has 0 saturated carbocycles. The van der Waals surface area contributed by atoms with E-state index in [1.807, 2.05) is 25.1 Å². The number of nitrogens with one attached hydrogen (secondary N) is 2. The van der Waals surface area contributed by atoms with Gasteiger partial charge in [-0.15, -0.1) is 0 Å². The van der Waals surface area contributed by atoms with E-state index in [4.69, 9.17) is 9.40 Å². The number of benzene rings is 1.